The van der Waals surface area contributed by atoms with Gasteiger partial charge in [-0.25, -0.2) is 0 Å². The molecule has 2 rings (SSSR count). The van der Waals surface area contributed by atoms with Crippen LogP contribution < -0.4 is 0 Å². The molecule has 3 heteroatoms. The molecule has 3 nitrogen and oxygen atoms in total. The first-order valence-corrected chi connectivity index (χ1v) is 6.96. The van der Waals surface area contributed by atoms with Crippen LogP contribution in [0.4, 0.5) is 0 Å². The van der Waals surface area contributed by atoms with Crippen molar-refractivity contribution in [2.24, 2.45) is 5.41 Å². The van der Waals surface area contributed by atoms with Crippen LogP contribution in [0.1, 0.15) is 58.3 Å². The van der Waals surface area contributed by atoms with Gasteiger partial charge in [0.15, 0.2) is 0 Å². The van der Waals surface area contributed by atoms with Crippen LogP contribution in [0.25, 0.3) is 0 Å². The first-order chi connectivity index (χ1) is 8.23. The average molecular weight is 234 g/mol. The predicted octanol–water partition coefficient (Wildman–Crippen LogP) is 2.86. The van der Waals surface area contributed by atoms with E-state index in [0.29, 0.717) is 6.04 Å². The molecule has 0 spiro atoms. The molecule has 2 fully saturated rings. The van der Waals surface area contributed by atoms with Gasteiger partial charge in [-0.05, 0) is 32.6 Å². The third kappa shape index (κ3) is 2.18. The van der Waals surface area contributed by atoms with Crippen molar-refractivity contribution >= 4 is 5.91 Å². The molecule has 2 aliphatic carbocycles. The van der Waals surface area contributed by atoms with Crippen LogP contribution >= 0.6 is 0 Å². The van der Waals surface area contributed by atoms with E-state index in [1.165, 1.54) is 12.8 Å². The van der Waals surface area contributed by atoms with Crippen molar-refractivity contribution in [1.82, 2.24) is 4.90 Å². The molecule has 1 amide bonds. The summed E-state index contributed by atoms with van der Waals surface area (Å²) in [6.45, 7) is 2.79. The van der Waals surface area contributed by atoms with Crippen molar-refractivity contribution in [3.05, 3.63) is 0 Å². The van der Waals surface area contributed by atoms with Crippen LogP contribution in [0.2, 0.25) is 0 Å². The van der Waals surface area contributed by atoms with Crippen molar-refractivity contribution in [2.75, 3.05) is 6.54 Å². The van der Waals surface area contributed by atoms with Crippen molar-refractivity contribution in [2.45, 2.75) is 64.3 Å². The molecule has 17 heavy (non-hydrogen) atoms. The quantitative estimate of drug-likeness (QED) is 0.753. The molecular formula is C14H22N2O. The van der Waals surface area contributed by atoms with Gasteiger partial charge >= 0.3 is 0 Å². The highest BCUT2D eigenvalue weighted by Crippen LogP contribution is 2.40. The molecule has 0 aromatic carbocycles. The third-order valence-corrected chi connectivity index (χ3v) is 4.45. The first-order valence-electron chi connectivity index (χ1n) is 6.96. The van der Waals surface area contributed by atoms with Gasteiger partial charge in [0.25, 0.3) is 0 Å². The SMILES string of the molecule is CCN(C(=O)C1(C#N)CCCC1)C1CCCC1. The van der Waals surface area contributed by atoms with Crippen molar-refractivity contribution in [3.8, 4) is 6.07 Å². The first kappa shape index (κ1) is 12.4. The molecular weight excluding hydrogens is 212 g/mol. The Labute approximate surface area is 104 Å². The topological polar surface area (TPSA) is 44.1 Å². The number of rotatable bonds is 3. The summed E-state index contributed by atoms with van der Waals surface area (Å²) in [6, 6.07) is 2.73. The maximum Gasteiger partial charge on any atom is 0.243 e. The molecule has 0 aromatic rings. The van der Waals surface area contributed by atoms with Gasteiger partial charge in [-0.1, -0.05) is 25.7 Å². The monoisotopic (exact) mass is 234 g/mol. The van der Waals surface area contributed by atoms with Crippen LogP contribution in [-0.2, 0) is 4.79 Å². The number of hydrogen-bond acceptors (Lipinski definition) is 2. The lowest BCUT2D eigenvalue weighted by atomic mass is 9.85. The van der Waals surface area contributed by atoms with Gasteiger partial charge in [0, 0.05) is 12.6 Å². The summed E-state index contributed by atoms with van der Waals surface area (Å²) in [4.78, 5) is 14.6. The normalized spacial score (nSPS) is 23.5. The summed E-state index contributed by atoms with van der Waals surface area (Å²) >= 11 is 0. The minimum absolute atomic E-state index is 0.118. The molecule has 0 bridgehead atoms. The summed E-state index contributed by atoms with van der Waals surface area (Å²) < 4.78 is 0. The van der Waals surface area contributed by atoms with E-state index in [9.17, 15) is 10.1 Å². The van der Waals surface area contributed by atoms with Crippen LogP contribution in [0.3, 0.4) is 0 Å². The Bertz CT molecular complexity index is 320. The van der Waals surface area contributed by atoms with E-state index in [2.05, 4.69) is 6.07 Å². The van der Waals surface area contributed by atoms with E-state index in [0.717, 1.165) is 45.1 Å². The van der Waals surface area contributed by atoms with Crippen molar-refractivity contribution < 1.29 is 4.79 Å². The lowest BCUT2D eigenvalue weighted by Crippen LogP contribution is -2.46. The molecule has 0 radical (unpaired) electrons. The lowest BCUT2D eigenvalue weighted by Gasteiger charge is -2.33. The Morgan fingerprint density at radius 3 is 2.35 bits per heavy atom. The molecule has 0 unspecified atom stereocenters. The van der Waals surface area contributed by atoms with Gasteiger partial charge in [0.1, 0.15) is 5.41 Å². The second-order valence-electron chi connectivity index (χ2n) is 5.43. The van der Waals surface area contributed by atoms with Gasteiger partial charge in [-0.3, -0.25) is 4.79 Å². The maximum absolute atomic E-state index is 12.6. The third-order valence-electron chi connectivity index (χ3n) is 4.45. The summed E-state index contributed by atoms with van der Waals surface area (Å²) in [5.41, 5.74) is -0.682. The van der Waals surface area contributed by atoms with Gasteiger partial charge in [-0.15, -0.1) is 0 Å². The van der Waals surface area contributed by atoms with Gasteiger partial charge in [0.2, 0.25) is 5.91 Å². The molecule has 94 valence electrons. The van der Waals surface area contributed by atoms with E-state index in [-0.39, 0.29) is 5.91 Å². The van der Waals surface area contributed by atoms with Crippen LogP contribution in [-0.4, -0.2) is 23.4 Å². The van der Waals surface area contributed by atoms with E-state index in [1.807, 2.05) is 11.8 Å². The lowest BCUT2D eigenvalue weighted by molar-refractivity contribution is -0.141. The summed E-state index contributed by atoms with van der Waals surface area (Å²) in [7, 11) is 0. The number of nitrogens with zero attached hydrogens (tertiary/aromatic N) is 2. The van der Waals surface area contributed by atoms with E-state index in [1.54, 1.807) is 0 Å². The summed E-state index contributed by atoms with van der Waals surface area (Å²) in [6.07, 6.45) is 8.31. The minimum atomic E-state index is -0.682. The molecule has 2 aliphatic rings. The highest BCUT2D eigenvalue weighted by atomic mass is 16.2. The summed E-state index contributed by atoms with van der Waals surface area (Å²) in [5, 5.41) is 9.38. The number of amides is 1. The Kier molecular flexibility index (Phi) is 3.71. The number of carbonyl (C=O) groups is 1. The number of carbonyl (C=O) groups excluding carboxylic acids is 1. The Morgan fingerprint density at radius 1 is 1.29 bits per heavy atom. The fourth-order valence-corrected chi connectivity index (χ4v) is 3.41. The fraction of sp³-hybridized carbons (Fsp3) is 0.857. The molecule has 0 saturated heterocycles. The zero-order chi connectivity index (χ0) is 12.3. The highest BCUT2D eigenvalue weighted by molar-refractivity contribution is 5.86. The van der Waals surface area contributed by atoms with Crippen molar-refractivity contribution in [1.29, 1.82) is 5.26 Å². The van der Waals surface area contributed by atoms with Crippen LogP contribution in [0.15, 0.2) is 0 Å². The average Bonchev–Trinajstić information content (AvgIpc) is 3.01. The highest BCUT2D eigenvalue weighted by Gasteiger charge is 2.45. The zero-order valence-corrected chi connectivity index (χ0v) is 10.7. The molecule has 0 N–H and O–H groups in total. The molecule has 0 aromatic heterocycles. The zero-order valence-electron chi connectivity index (χ0n) is 10.7. The number of nitriles is 1. The van der Waals surface area contributed by atoms with Gasteiger partial charge < -0.3 is 4.90 Å². The Balaban J connectivity index is 2.13. The van der Waals surface area contributed by atoms with Crippen LogP contribution in [0, 0.1) is 16.7 Å². The predicted molar refractivity (Wildman–Crippen MR) is 66.2 cm³/mol. The smallest absolute Gasteiger partial charge is 0.243 e. The second kappa shape index (κ2) is 5.08. The van der Waals surface area contributed by atoms with E-state index in [4.69, 9.17) is 0 Å². The molecule has 0 atom stereocenters. The van der Waals surface area contributed by atoms with E-state index < -0.39 is 5.41 Å². The van der Waals surface area contributed by atoms with Crippen LogP contribution in [0.5, 0.6) is 0 Å². The fourth-order valence-electron chi connectivity index (χ4n) is 3.41. The standard InChI is InChI=1S/C14H22N2O/c1-2-16(12-7-3-4-8-12)13(17)14(11-15)9-5-6-10-14/h12H,2-10H2,1H3. The van der Waals surface area contributed by atoms with Crippen molar-refractivity contribution in [3.63, 3.8) is 0 Å². The summed E-state index contributed by atoms with van der Waals surface area (Å²) in [5.74, 6) is 0.118. The molecule has 0 heterocycles. The van der Waals surface area contributed by atoms with E-state index >= 15 is 0 Å². The molecule has 2 saturated carbocycles. The number of hydrogen-bond donors (Lipinski definition) is 0. The second-order valence-corrected chi connectivity index (χ2v) is 5.43. The Morgan fingerprint density at radius 2 is 1.88 bits per heavy atom. The Hall–Kier alpha value is -1.04. The maximum atomic E-state index is 12.6. The minimum Gasteiger partial charge on any atom is -0.339 e. The van der Waals surface area contributed by atoms with Gasteiger partial charge in [0.05, 0.1) is 6.07 Å². The molecule has 0 aliphatic heterocycles. The van der Waals surface area contributed by atoms with Gasteiger partial charge in [-0.2, -0.15) is 5.26 Å². The largest absolute Gasteiger partial charge is 0.339 e.